The van der Waals surface area contributed by atoms with E-state index in [1.54, 1.807) is 18.2 Å². The van der Waals surface area contributed by atoms with E-state index in [1.165, 1.54) is 7.11 Å². The van der Waals surface area contributed by atoms with Crippen LogP contribution in [0.1, 0.15) is 11.1 Å². The van der Waals surface area contributed by atoms with Gasteiger partial charge in [0.2, 0.25) is 0 Å². The van der Waals surface area contributed by atoms with E-state index in [0.29, 0.717) is 16.9 Å². The van der Waals surface area contributed by atoms with E-state index in [0.717, 1.165) is 0 Å². The zero-order valence-corrected chi connectivity index (χ0v) is 6.74. The lowest BCUT2D eigenvalue weighted by atomic mass is 10.1. The highest BCUT2D eigenvalue weighted by molar-refractivity contribution is 5.41. The van der Waals surface area contributed by atoms with Crippen molar-refractivity contribution in [1.82, 2.24) is 0 Å². The van der Waals surface area contributed by atoms with E-state index in [-0.39, 0.29) is 6.61 Å². The minimum atomic E-state index is -0.112. The van der Waals surface area contributed by atoms with Crippen LogP contribution in [0.2, 0.25) is 0 Å². The topological polar surface area (TPSA) is 53.2 Å². The summed E-state index contributed by atoms with van der Waals surface area (Å²) in [4.78, 5) is 0. The highest BCUT2D eigenvalue weighted by Gasteiger charge is 2.01. The zero-order chi connectivity index (χ0) is 8.97. The van der Waals surface area contributed by atoms with Crippen LogP contribution in [0.25, 0.3) is 0 Å². The summed E-state index contributed by atoms with van der Waals surface area (Å²) in [7, 11) is 1.53. The van der Waals surface area contributed by atoms with Gasteiger partial charge in [-0.1, -0.05) is 0 Å². The molecular weight excluding hydrogens is 154 g/mol. The van der Waals surface area contributed by atoms with Gasteiger partial charge in [0.25, 0.3) is 0 Å². The molecule has 0 radical (unpaired) electrons. The number of hydrogen-bond acceptors (Lipinski definition) is 3. The average Bonchev–Trinajstić information content (AvgIpc) is 2.16. The maximum Gasteiger partial charge on any atom is 0.124 e. The summed E-state index contributed by atoms with van der Waals surface area (Å²) in [6.07, 6.45) is 0. The maximum atomic E-state index is 8.88. The van der Waals surface area contributed by atoms with Crippen molar-refractivity contribution >= 4 is 0 Å². The minimum absolute atomic E-state index is 0.112. The first-order valence-electron chi connectivity index (χ1n) is 3.49. The molecule has 1 rings (SSSR count). The molecule has 0 unspecified atom stereocenters. The third kappa shape index (κ3) is 1.55. The lowest BCUT2D eigenvalue weighted by molar-refractivity contribution is 0.273. The molecule has 62 valence electrons. The van der Waals surface area contributed by atoms with E-state index >= 15 is 0 Å². The Morgan fingerprint density at radius 3 is 2.83 bits per heavy atom. The van der Waals surface area contributed by atoms with Gasteiger partial charge in [0.15, 0.2) is 0 Å². The molecule has 0 amide bonds. The first kappa shape index (κ1) is 8.57. The molecule has 0 aromatic heterocycles. The van der Waals surface area contributed by atoms with Crippen LogP contribution in [0.15, 0.2) is 18.2 Å². The van der Waals surface area contributed by atoms with Gasteiger partial charge in [-0.15, -0.1) is 0 Å². The molecule has 1 N–H and O–H groups in total. The van der Waals surface area contributed by atoms with Gasteiger partial charge in [0, 0.05) is 5.56 Å². The molecule has 0 aliphatic heterocycles. The van der Waals surface area contributed by atoms with Crippen molar-refractivity contribution in [3.05, 3.63) is 29.3 Å². The van der Waals surface area contributed by atoms with E-state index in [2.05, 4.69) is 0 Å². The van der Waals surface area contributed by atoms with Crippen molar-refractivity contribution in [2.24, 2.45) is 0 Å². The summed E-state index contributed by atoms with van der Waals surface area (Å²) >= 11 is 0. The Hall–Kier alpha value is -1.53. The first-order valence-corrected chi connectivity index (χ1v) is 3.49. The molecule has 0 heterocycles. The van der Waals surface area contributed by atoms with E-state index in [9.17, 15) is 0 Å². The fraction of sp³-hybridized carbons (Fsp3) is 0.222. The Labute approximate surface area is 70.8 Å². The second-order valence-electron chi connectivity index (χ2n) is 2.30. The number of ether oxygens (including phenoxy) is 1. The second kappa shape index (κ2) is 3.74. The van der Waals surface area contributed by atoms with E-state index < -0.39 is 0 Å². The van der Waals surface area contributed by atoms with Crippen molar-refractivity contribution in [2.75, 3.05) is 7.11 Å². The van der Waals surface area contributed by atoms with Crippen LogP contribution in [0.5, 0.6) is 5.75 Å². The maximum absolute atomic E-state index is 8.88. The van der Waals surface area contributed by atoms with Crippen LogP contribution in [0.3, 0.4) is 0 Å². The van der Waals surface area contributed by atoms with Crippen molar-refractivity contribution in [1.29, 1.82) is 5.26 Å². The number of nitrogens with zero attached hydrogens (tertiary/aromatic N) is 1. The smallest absolute Gasteiger partial charge is 0.124 e. The number of rotatable bonds is 2. The molecule has 0 aliphatic carbocycles. The first-order chi connectivity index (χ1) is 5.81. The van der Waals surface area contributed by atoms with Crippen LogP contribution in [-0.4, -0.2) is 12.2 Å². The van der Waals surface area contributed by atoms with E-state index in [1.807, 2.05) is 6.07 Å². The van der Waals surface area contributed by atoms with Crippen LogP contribution in [0.4, 0.5) is 0 Å². The number of aliphatic hydroxyl groups is 1. The number of benzene rings is 1. The molecule has 0 bridgehead atoms. The molecule has 0 fully saturated rings. The molecule has 1 aromatic carbocycles. The highest BCUT2D eigenvalue weighted by Crippen LogP contribution is 2.18. The summed E-state index contributed by atoms with van der Waals surface area (Å²) in [6.45, 7) is -0.112. The summed E-state index contributed by atoms with van der Waals surface area (Å²) in [5.41, 5.74) is 1.16. The summed E-state index contributed by atoms with van der Waals surface area (Å²) < 4.78 is 4.97. The molecule has 0 saturated carbocycles. The lowest BCUT2D eigenvalue weighted by Gasteiger charge is -2.04. The van der Waals surface area contributed by atoms with Gasteiger partial charge in [-0.3, -0.25) is 0 Å². The fourth-order valence-corrected chi connectivity index (χ4v) is 0.972. The minimum Gasteiger partial charge on any atom is -0.496 e. The Kier molecular flexibility index (Phi) is 2.67. The van der Waals surface area contributed by atoms with Crippen LogP contribution in [0, 0.1) is 11.3 Å². The van der Waals surface area contributed by atoms with Crippen molar-refractivity contribution in [2.45, 2.75) is 6.61 Å². The predicted molar refractivity (Wildman–Crippen MR) is 43.6 cm³/mol. The van der Waals surface area contributed by atoms with Gasteiger partial charge in [0.1, 0.15) is 5.75 Å². The van der Waals surface area contributed by atoms with Gasteiger partial charge in [0.05, 0.1) is 25.3 Å². The molecule has 12 heavy (non-hydrogen) atoms. The van der Waals surface area contributed by atoms with Crippen LogP contribution in [-0.2, 0) is 6.61 Å². The Morgan fingerprint density at radius 2 is 2.33 bits per heavy atom. The van der Waals surface area contributed by atoms with Crippen molar-refractivity contribution in [3.8, 4) is 11.8 Å². The predicted octanol–water partition coefficient (Wildman–Crippen LogP) is 1.06. The fourth-order valence-electron chi connectivity index (χ4n) is 0.972. The largest absolute Gasteiger partial charge is 0.496 e. The number of aliphatic hydroxyl groups excluding tert-OH is 1. The second-order valence-corrected chi connectivity index (χ2v) is 2.30. The van der Waals surface area contributed by atoms with Crippen molar-refractivity contribution in [3.63, 3.8) is 0 Å². The normalized spacial score (nSPS) is 9.08. The zero-order valence-electron chi connectivity index (χ0n) is 6.74. The summed E-state index contributed by atoms with van der Waals surface area (Å²) in [5, 5.41) is 17.4. The van der Waals surface area contributed by atoms with E-state index in [4.69, 9.17) is 15.1 Å². The number of methoxy groups -OCH3 is 1. The monoisotopic (exact) mass is 163 g/mol. The van der Waals surface area contributed by atoms with Crippen molar-refractivity contribution < 1.29 is 9.84 Å². The highest BCUT2D eigenvalue weighted by atomic mass is 16.5. The van der Waals surface area contributed by atoms with Gasteiger partial charge in [-0.05, 0) is 18.2 Å². The SMILES string of the molecule is COc1ccc(C#N)cc1CO. The molecule has 1 aromatic rings. The molecular formula is C9H9NO2. The molecule has 0 saturated heterocycles. The molecule has 3 heteroatoms. The quantitative estimate of drug-likeness (QED) is 0.709. The molecule has 3 nitrogen and oxygen atoms in total. The summed E-state index contributed by atoms with van der Waals surface area (Å²) in [6, 6.07) is 6.92. The molecule has 0 atom stereocenters. The average molecular weight is 163 g/mol. The number of hydrogen-bond donors (Lipinski definition) is 1. The molecule has 0 spiro atoms. The van der Waals surface area contributed by atoms with Gasteiger partial charge in [-0.2, -0.15) is 5.26 Å². The summed E-state index contributed by atoms with van der Waals surface area (Å²) in [5.74, 6) is 0.608. The standard InChI is InChI=1S/C9H9NO2/c1-12-9-3-2-7(5-10)4-8(9)6-11/h2-4,11H,6H2,1H3. The Bertz CT molecular complexity index is 315. The van der Waals surface area contributed by atoms with Gasteiger partial charge < -0.3 is 9.84 Å². The molecule has 0 aliphatic rings. The third-order valence-corrected chi connectivity index (χ3v) is 1.58. The third-order valence-electron chi connectivity index (χ3n) is 1.58. The lowest BCUT2D eigenvalue weighted by Crippen LogP contribution is -1.92. The van der Waals surface area contributed by atoms with Crippen LogP contribution < -0.4 is 4.74 Å². The van der Waals surface area contributed by atoms with Crippen LogP contribution >= 0.6 is 0 Å². The van der Waals surface area contributed by atoms with Gasteiger partial charge in [-0.25, -0.2) is 0 Å². The Balaban J connectivity index is 3.13. The number of nitriles is 1. The Morgan fingerprint density at radius 1 is 1.58 bits per heavy atom. The van der Waals surface area contributed by atoms with Gasteiger partial charge >= 0.3 is 0 Å².